The first-order chi connectivity index (χ1) is 14.8. The number of aliphatic imine (C=N–C) groups is 1. The van der Waals surface area contributed by atoms with Crippen LogP contribution in [0, 0.1) is 5.92 Å². The fraction of sp³-hybridized carbons (Fsp3) is 0.458. The highest BCUT2D eigenvalue weighted by Gasteiger charge is 2.24. The molecule has 0 saturated carbocycles. The summed E-state index contributed by atoms with van der Waals surface area (Å²) in [7, 11) is 1.88. The molecule has 6 heteroatoms. The average Bonchev–Trinajstić information content (AvgIpc) is 3.29. The number of likely N-dealkylation sites (tertiary alicyclic amines) is 1. The maximum absolute atomic E-state index is 5.45. The van der Waals surface area contributed by atoms with Crippen LogP contribution < -0.4 is 10.2 Å². The van der Waals surface area contributed by atoms with Gasteiger partial charge in [-0.1, -0.05) is 30.3 Å². The Morgan fingerprint density at radius 3 is 2.57 bits per heavy atom. The van der Waals surface area contributed by atoms with E-state index in [9.17, 15) is 0 Å². The van der Waals surface area contributed by atoms with Gasteiger partial charge in [-0.05, 0) is 42.2 Å². The Morgan fingerprint density at radius 2 is 1.83 bits per heavy atom. The van der Waals surface area contributed by atoms with Gasteiger partial charge >= 0.3 is 0 Å². The lowest BCUT2D eigenvalue weighted by molar-refractivity contribution is 0.122. The fourth-order valence-electron chi connectivity index (χ4n) is 4.05. The predicted molar refractivity (Wildman–Crippen MR) is 127 cm³/mol. The van der Waals surface area contributed by atoms with Crippen LogP contribution >= 0.6 is 11.8 Å². The zero-order valence-corrected chi connectivity index (χ0v) is 18.6. The summed E-state index contributed by atoms with van der Waals surface area (Å²) < 4.78 is 5.45. The molecule has 2 aliphatic rings. The molecule has 30 heavy (non-hydrogen) atoms. The van der Waals surface area contributed by atoms with Crippen molar-refractivity contribution in [3.05, 3.63) is 60.2 Å². The first kappa shape index (κ1) is 21.1. The molecule has 0 bridgehead atoms. The molecule has 2 heterocycles. The summed E-state index contributed by atoms with van der Waals surface area (Å²) >= 11 is 1.96. The number of nitrogens with zero attached hydrogens (tertiary/aromatic N) is 3. The second-order valence-electron chi connectivity index (χ2n) is 7.89. The maximum atomic E-state index is 5.45. The Kier molecular flexibility index (Phi) is 7.54. The summed E-state index contributed by atoms with van der Waals surface area (Å²) in [6, 6.07) is 19.6. The molecule has 0 radical (unpaired) electrons. The Labute approximate surface area is 184 Å². The third-order valence-corrected chi connectivity index (χ3v) is 7.03. The zero-order valence-electron chi connectivity index (χ0n) is 17.8. The summed E-state index contributed by atoms with van der Waals surface area (Å²) in [4.78, 5) is 10.7. The normalized spacial score (nSPS) is 19.9. The monoisotopic (exact) mass is 424 g/mol. The molecule has 2 aliphatic heterocycles. The van der Waals surface area contributed by atoms with E-state index in [1.165, 1.54) is 28.3 Å². The summed E-state index contributed by atoms with van der Waals surface area (Å²) in [6.45, 7) is 6.55. The van der Waals surface area contributed by atoms with Crippen molar-refractivity contribution < 1.29 is 4.74 Å². The molecular weight excluding hydrogens is 392 g/mol. The highest BCUT2D eigenvalue weighted by molar-refractivity contribution is 7.99. The van der Waals surface area contributed by atoms with Crippen molar-refractivity contribution in [3.8, 4) is 0 Å². The van der Waals surface area contributed by atoms with Crippen LogP contribution in [0.25, 0.3) is 0 Å². The first-order valence-electron chi connectivity index (χ1n) is 10.9. The molecule has 0 aliphatic carbocycles. The Bertz CT molecular complexity index is 806. The summed E-state index contributed by atoms with van der Waals surface area (Å²) in [5.74, 6) is 2.89. The molecule has 1 unspecified atom stereocenters. The van der Waals surface area contributed by atoms with Crippen LogP contribution in [0.2, 0.25) is 0 Å². The van der Waals surface area contributed by atoms with Crippen molar-refractivity contribution in [2.24, 2.45) is 10.9 Å². The number of ether oxygens (including phenoxy) is 1. The summed E-state index contributed by atoms with van der Waals surface area (Å²) in [5.41, 5.74) is 2.56. The van der Waals surface area contributed by atoms with Crippen molar-refractivity contribution >= 4 is 23.4 Å². The van der Waals surface area contributed by atoms with Gasteiger partial charge in [-0.2, -0.15) is 0 Å². The minimum atomic E-state index is 0.710. The average molecular weight is 425 g/mol. The van der Waals surface area contributed by atoms with Crippen molar-refractivity contribution in [2.75, 3.05) is 57.1 Å². The highest BCUT2D eigenvalue weighted by atomic mass is 32.2. The number of nitrogens with one attached hydrogen (secondary N) is 1. The number of thioether (sulfide) groups is 1. The largest absolute Gasteiger partial charge is 0.378 e. The van der Waals surface area contributed by atoms with Crippen LogP contribution in [-0.4, -0.2) is 63.1 Å². The van der Waals surface area contributed by atoms with Crippen LogP contribution in [0.3, 0.4) is 0 Å². The lowest BCUT2D eigenvalue weighted by Crippen LogP contribution is -2.39. The van der Waals surface area contributed by atoms with Gasteiger partial charge in [-0.3, -0.25) is 4.99 Å². The molecule has 0 amide bonds. The van der Waals surface area contributed by atoms with Gasteiger partial charge < -0.3 is 19.9 Å². The van der Waals surface area contributed by atoms with E-state index in [0.717, 1.165) is 51.9 Å². The van der Waals surface area contributed by atoms with Gasteiger partial charge in [0.05, 0.1) is 13.2 Å². The maximum Gasteiger partial charge on any atom is 0.193 e. The number of benzene rings is 2. The molecule has 2 saturated heterocycles. The van der Waals surface area contributed by atoms with E-state index in [1.807, 2.05) is 18.8 Å². The van der Waals surface area contributed by atoms with Gasteiger partial charge in [0.15, 0.2) is 5.96 Å². The molecule has 2 aromatic rings. The van der Waals surface area contributed by atoms with E-state index >= 15 is 0 Å². The highest BCUT2D eigenvalue weighted by Crippen LogP contribution is 2.26. The molecule has 5 nitrogen and oxygen atoms in total. The number of rotatable bonds is 6. The standard InChI is InChI=1S/C24H32N4OS/c1-25-24(28-12-11-21(18-28)19-30-23-5-3-2-4-6-23)26-17-20-7-9-22(10-8-20)27-13-15-29-16-14-27/h2-10,21H,11-19H2,1H3,(H,25,26). The molecule has 0 aromatic heterocycles. The number of hydrogen-bond acceptors (Lipinski definition) is 4. The van der Waals surface area contributed by atoms with Crippen molar-refractivity contribution in [1.29, 1.82) is 0 Å². The van der Waals surface area contributed by atoms with E-state index in [2.05, 4.69) is 74.7 Å². The molecule has 2 fully saturated rings. The van der Waals surface area contributed by atoms with Crippen LogP contribution in [0.15, 0.2) is 64.5 Å². The van der Waals surface area contributed by atoms with Crippen LogP contribution in [-0.2, 0) is 11.3 Å². The Balaban J connectivity index is 1.23. The van der Waals surface area contributed by atoms with Gasteiger partial charge in [0, 0.05) is 56.1 Å². The van der Waals surface area contributed by atoms with Crippen molar-refractivity contribution in [1.82, 2.24) is 10.2 Å². The van der Waals surface area contributed by atoms with E-state index in [4.69, 9.17) is 4.74 Å². The van der Waals surface area contributed by atoms with Gasteiger partial charge in [-0.25, -0.2) is 0 Å². The lowest BCUT2D eigenvalue weighted by Gasteiger charge is -2.29. The van der Waals surface area contributed by atoms with E-state index in [0.29, 0.717) is 5.92 Å². The molecule has 1 N–H and O–H groups in total. The third kappa shape index (κ3) is 5.70. The summed E-state index contributed by atoms with van der Waals surface area (Å²) in [5, 5.41) is 3.56. The zero-order chi connectivity index (χ0) is 20.6. The van der Waals surface area contributed by atoms with Crippen molar-refractivity contribution in [2.45, 2.75) is 17.9 Å². The first-order valence-corrected chi connectivity index (χ1v) is 11.9. The number of hydrogen-bond donors (Lipinski definition) is 1. The minimum absolute atomic E-state index is 0.710. The Hall–Kier alpha value is -2.18. The molecule has 2 aromatic carbocycles. The minimum Gasteiger partial charge on any atom is -0.378 e. The predicted octanol–water partition coefficient (Wildman–Crippen LogP) is 3.71. The summed E-state index contributed by atoms with van der Waals surface area (Å²) in [6.07, 6.45) is 1.23. The number of morpholine rings is 1. The van der Waals surface area contributed by atoms with Crippen molar-refractivity contribution in [3.63, 3.8) is 0 Å². The van der Waals surface area contributed by atoms with E-state index in [1.54, 1.807) is 0 Å². The van der Waals surface area contributed by atoms with E-state index in [-0.39, 0.29) is 0 Å². The Morgan fingerprint density at radius 1 is 1.07 bits per heavy atom. The topological polar surface area (TPSA) is 40.1 Å². The van der Waals surface area contributed by atoms with E-state index < -0.39 is 0 Å². The second kappa shape index (κ2) is 10.7. The molecule has 1 atom stereocenters. The number of guanidine groups is 1. The smallest absolute Gasteiger partial charge is 0.193 e. The molecule has 160 valence electrons. The lowest BCUT2D eigenvalue weighted by atomic mass is 10.2. The fourth-order valence-corrected chi connectivity index (χ4v) is 5.10. The van der Waals surface area contributed by atoms with Gasteiger partial charge in [0.1, 0.15) is 0 Å². The molecular formula is C24H32N4OS. The van der Waals surface area contributed by atoms with Crippen LogP contribution in [0.5, 0.6) is 0 Å². The number of anilines is 1. The van der Waals surface area contributed by atoms with Crippen LogP contribution in [0.4, 0.5) is 5.69 Å². The third-order valence-electron chi connectivity index (χ3n) is 5.79. The SMILES string of the molecule is CN=C(NCc1ccc(N2CCOCC2)cc1)N1CCC(CSc2ccccc2)C1. The van der Waals surface area contributed by atoms with Gasteiger partial charge in [0.25, 0.3) is 0 Å². The molecule has 0 spiro atoms. The van der Waals surface area contributed by atoms with Crippen LogP contribution in [0.1, 0.15) is 12.0 Å². The van der Waals surface area contributed by atoms with Gasteiger partial charge in [-0.15, -0.1) is 11.8 Å². The van der Waals surface area contributed by atoms with Gasteiger partial charge in [0.2, 0.25) is 0 Å². The quantitative estimate of drug-likeness (QED) is 0.435. The molecule has 4 rings (SSSR count). The second-order valence-corrected chi connectivity index (χ2v) is 8.98.